The number of rotatable bonds is 7. The first-order valence-electron chi connectivity index (χ1n) is 8.27. The zero-order chi connectivity index (χ0) is 15.1. The smallest absolute Gasteiger partial charge is 0.119 e. The molecule has 3 heteroatoms. The van der Waals surface area contributed by atoms with Crippen LogP contribution in [-0.4, -0.2) is 25.4 Å². The highest BCUT2D eigenvalue weighted by atomic mass is 16.5. The Kier molecular flexibility index (Phi) is 6.52. The third kappa shape index (κ3) is 5.68. The standard InChI is InChI=1S/C18H29NO2/c1-14(2)21-18-9-7-16(8-10-18)15(3)19-12-11-17-6-4-5-13-20-17/h7-10,14-15,17,19H,4-6,11-13H2,1-3H3. The first kappa shape index (κ1) is 16.3. The normalized spacial score (nSPS) is 20.5. The monoisotopic (exact) mass is 291 g/mol. The minimum Gasteiger partial charge on any atom is -0.491 e. The second kappa shape index (κ2) is 8.40. The Hall–Kier alpha value is -1.06. The SMILES string of the molecule is CC(C)Oc1ccc(C(C)NCCC2CCCCO2)cc1. The fourth-order valence-corrected chi connectivity index (χ4v) is 2.72. The molecule has 0 aliphatic carbocycles. The Labute approximate surface area is 129 Å². The van der Waals surface area contributed by atoms with Gasteiger partial charge in [0.1, 0.15) is 5.75 Å². The molecule has 21 heavy (non-hydrogen) atoms. The molecule has 1 aromatic carbocycles. The van der Waals surface area contributed by atoms with Crippen LogP contribution in [0.2, 0.25) is 0 Å². The second-order valence-corrected chi connectivity index (χ2v) is 6.19. The molecule has 0 amide bonds. The molecule has 118 valence electrons. The molecule has 0 saturated carbocycles. The van der Waals surface area contributed by atoms with Crippen molar-refractivity contribution in [3.8, 4) is 5.75 Å². The molecule has 2 unspecified atom stereocenters. The minimum absolute atomic E-state index is 0.224. The van der Waals surface area contributed by atoms with Crippen molar-refractivity contribution in [2.75, 3.05) is 13.2 Å². The number of nitrogens with one attached hydrogen (secondary N) is 1. The van der Waals surface area contributed by atoms with Crippen molar-refractivity contribution < 1.29 is 9.47 Å². The number of benzene rings is 1. The van der Waals surface area contributed by atoms with Crippen molar-refractivity contribution >= 4 is 0 Å². The van der Waals surface area contributed by atoms with E-state index in [1.54, 1.807) is 0 Å². The summed E-state index contributed by atoms with van der Waals surface area (Å²) in [5.74, 6) is 0.941. The van der Waals surface area contributed by atoms with Gasteiger partial charge in [0.15, 0.2) is 0 Å². The van der Waals surface area contributed by atoms with Crippen LogP contribution in [0.1, 0.15) is 58.1 Å². The summed E-state index contributed by atoms with van der Waals surface area (Å²) in [6.45, 7) is 8.25. The molecule has 3 nitrogen and oxygen atoms in total. The van der Waals surface area contributed by atoms with E-state index in [9.17, 15) is 0 Å². The van der Waals surface area contributed by atoms with Crippen molar-refractivity contribution in [2.45, 2.75) is 64.7 Å². The van der Waals surface area contributed by atoms with E-state index in [1.165, 1.54) is 24.8 Å². The summed E-state index contributed by atoms with van der Waals surface area (Å²) in [5, 5.41) is 3.59. The van der Waals surface area contributed by atoms with Crippen LogP contribution in [0, 0.1) is 0 Å². The maximum atomic E-state index is 5.76. The second-order valence-electron chi connectivity index (χ2n) is 6.19. The highest BCUT2D eigenvalue weighted by Crippen LogP contribution is 2.19. The molecule has 1 fully saturated rings. The Morgan fingerprint density at radius 1 is 1.19 bits per heavy atom. The fourth-order valence-electron chi connectivity index (χ4n) is 2.72. The predicted octanol–water partition coefficient (Wildman–Crippen LogP) is 4.08. The molecule has 1 aromatic rings. The van der Waals surface area contributed by atoms with Gasteiger partial charge < -0.3 is 14.8 Å². The molecule has 2 rings (SSSR count). The lowest BCUT2D eigenvalue weighted by Crippen LogP contribution is -2.27. The van der Waals surface area contributed by atoms with E-state index < -0.39 is 0 Å². The van der Waals surface area contributed by atoms with Gasteiger partial charge in [-0.25, -0.2) is 0 Å². The highest BCUT2D eigenvalue weighted by Gasteiger charge is 2.14. The van der Waals surface area contributed by atoms with Crippen LogP contribution in [0.3, 0.4) is 0 Å². The first-order valence-corrected chi connectivity index (χ1v) is 8.27. The third-order valence-corrected chi connectivity index (χ3v) is 3.94. The van der Waals surface area contributed by atoms with Gasteiger partial charge in [-0.15, -0.1) is 0 Å². The largest absolute Gasteiger partial charge is 0.491 e. The molecular formula is C18H29NO2. The van der Waals surface area contributed by atoms with E-state index >= 15 is 0 Å². The molecule has 1 aliphatic heterocycles. The summed E-state index contributed by atoms with van der Waals surface area (Å²) >= 11 is 0. The minimum atomic E-state index is 0.224. The summed E-state index contributed by atoms with van der Waals surface area (Å²) in [6.07, 6.45) is 5.56. The van der Waals surface area contributed by atoms with Crippen LogP contribution in [0.5, 0.6) is 5.75 Å². The van der Waals surface area contributed by atoms with Gasteiger partial charge in [0, 0.05) is 12.6 Å². The zero-order valence-corrected chi connectivity index (χ0v) is 13.6. The van der Waals surface area contributed by atoms with E-state index in [-0.39, 0.29) is 6.10 Å². The van der Waals surface area contributed by atoms with Gasteiger partial charge >= 0.3 is 0 Å². The van der Waals surface area contributed by atoms with E-state index in [0.717, 1.165) is 25.3 Å². The summed E-state index contributed by atoms with van der Waals surface area (Å²) < 4.78 is 11.4. The van der Waals surface area contributed by atoms with Crippen LogP contribution >= 0.6 is 0 Å². The molecule has 2 atom stereocenters. The lowest BCUT2D eigenvalue weighted by molar-refractivity contribution is 0.0112. The third-order valence-electron chi connectivity index (χ3n) is 3.94. The molecule has 1 saturated heterocycles. The maximum Gasteiger partial charge on any atom is 0.119 e. The van der Waals surface area contributed by atoms with Crippen LogP contribution < -0.4 is 10.1 Å². The molecule has 1 N–H and O–H groups in total. The molecule has 0 radical (unpaired) electrons. The van der Waals surface area contributed by atoms with Gasteiger partial charge in [0.25, 0.3) is 0 Å². The van der Waals surface area contributed by atoms with E-state index in [1.807, 2.05) is 13.8 Å². The quantitative estimate of drug-likeness (QED) is 0.821. The molecule has 0 aromatic heterocycles. The summed E-state index contributed by atoms with van der Waals surface area (Å²) in [5.41, 5.74) is 1.30. The number of hydrogen-bond donors (Lipinski definition) is 1. The van der Waals surface area contributed by atoms with Gasteiger partial charge in [-0.1, -0.05) is 12.1 Å². The maximum absolute atomic E-state index is 5.76. The van der Waals surface area contributed by atoms with Crippen LogP contribution in [0.15, 0.2) is 24.3 Å². The molecule has 1 heterocycles. The lowest BCUT2D eigenvalue weighted by Gasteiger charge is -2.23. The molecular weight excluding hydrogens is 262 g/mol. The van der Waals surface area contributed by atoms with Crippen LogP contribution in [0.4, 0.5) is 0 Å². The Balaban J connectivity index is 1.73. The van der Waals surface area contributed by atoms with E-state index in [4.69, 9.17) is 9.47 Å². The van der Waals surface area contributed by atoms with Crippen LogP contribution in [0.25, 0.3) is 0 Å². The highest BCUT2D eigenvalue weighted by molar-refractivity contribution is 5.29. The van der Waals surface area contributed by atoms with Crippen molar-refractivity contribution in [1.82, 2.24) is 5.32 Å². The Morgan fingerprint density at radius 3 is 2.57 bits per heavy atom. The van der Waals surface area contributed by atoms with Crippen LogP contribution in [-0.2, 0) is 4.74 Å². The molecule has 1 aliphatic rings. The van der Waals surface area contributed by atoms with Gasteiger partial charge in [0.05, 0.1) is 12.2 Å². The van der Waals surface area contributed by atoms with E-state index in [2.05, 4.69) is 36.5 Å². The summed E-state index contributed by atoms with van der Waals surface area (Å²) in [6, 6.07) is 8.76. The summed E-state index contributed by atoms with van der Waals surface area (Å²) in [4.78, 5) is 0. The van der Waals surface area contributed by atoms with Gasteiger partial charge in [0.2, 0.25) is 0 Å². The van der Waals surface area contributed by atoms with Gasteiger partial charge in [-0.2, -0.15) is 0 Å². The van der Waals surface area contributed by atoms with Crippen molar-refractivity contribution in [1.29, 1.82) is 0 Å². The average molecular weight is 291 g/mol. The topological polar surface area (TPSA) is 30.5 Å². The van der Waals surface area contributed by atoms with Crippen molar-refractivity contribution in [2.24, 2.45) is 0 Å². The first-order chi connectivity index (χ1) is 10.1. The lowest BCUT2D eigenvalue weighted by atomic mass is 10.1. The summed E-state index contributed by atoms with van der Waals surface area (Å²) in [7, 11) is 0. The Morgan fingerprint density at radius 2 is 1.95 bits per heavy atom. The molecule has 0 spiro atoms. The predicted molar refractivity (Wildman–Crippen MR) is 86.8 cm³/mol. The van der Waals surface area contributed by atoms with Gasteiger partial charge in [-0.3, -0.25) is 0 Å². The average Bonchev–Trinajstić information content (AvgIpc) is 2.48. The van der Waals surface area contributed by atoms with Crippen molar-refractivity contribution in [3.05, 3.63) is 29.8 Å². The van der Waals surface area contributed by atoms with Gasteiger partial charge in [-0.05, 0) is 70.7 Å². The number of ether oxygens (including phenoxy) is 2. The molecule has 0 bridgehead atoms. The fraction of sp³-hybridized carbons (Fsp3) is 0.667. The van der Waals surface area contributed by atoms with E-state index in [0.29, 0.717) is 12.1 Å². The zero-order valence-electron chi connectivity index (χ0n) is 13.6. The Bertz CT molecular complexity index is 396. The van der Waals surface area contributed by atoms with Crippen molar-refractivity contribution in [3.63, 3.8) is 0 Å². The number of hydrogen-bond acceptors (Lipinski definition) is 3.